The number of carbonyl (C=O) groups is 1. The van der Waals surface area contributed by atoms with Gasteiger partial charge in [0.05, 0.1) is 25.2 Å². The lowest BCUT2D eigenvalue weighted by atomic mass is 10.1. The van der Waals surface area contributed by atoms with Gasteiger partial charge in [-0.05, 0) is 72.1 Å². The lowest BCUT2D eigenvalue weighted by Gasteiger charge is -2.14. The molecule has 8 nitrogen and oxygen atoms in total. The van der Waals surface area contributed by atoms with Gasteiger partial charge in [0.25, 0.3) is 0 Å². The largest absolute Gasteiger partial charge is 0.493 e. The van der Waals surface area contributed by atoms with E-state index in [-0.39, 0.29) is 4.90 Å². The fraction of sp³-hybridized carbons (Fsp3) is 0.321. The van der Waals surface area contributed by atoms with Gasteiger partial charge in [0.1, 0.15) is 23.0 Å². The Kier molecular flexibility index (Phi) is 9.93. The number of esters is 1. The van der Waals surface area contributed by atoms with Crippen LogP contribution in [0.15, 0.2) is 71.6 Å². The summed E-state index contributed by atoms with van der Waals surface area (Å²) in [6, 6.07) is 18.6. The molecule has 0 saturated heterocycles. The molecule has 3 aromatic carbocycles. The molecule has 1 atom stereocenters. The number of benzene rings is 3. The van der Waals surface area contributed by atoms with Crippen molar-refractivity contribution in [1.82, 2.24) is 0 Å². The number of ether oxygens (including phenoxy) is 4. The Labute approximate surface area is 217 Å². The number of aliphatic hydroxyl groups is 1. The summed E-state index contributed by atoms with van der Waals surface area (Å²) in [5, 5.41) is 9.98. The zero-order valence-corrected chi connectivity index (χ0v) is 22.0. The first kappa shape index (κ1) is 28.0. The second-order valence-corrected chi connectivity index (χ2v) is 10.4. The molecule has 3 rings (SSSR count). The van der Waals surface area contributed by atoms with Crippen LogP contribution in [-0.2, 0) is 25.8 Å². The van der Waals surface area contributed by atoms with Crippen LogP contribution >= 0.6 is 0 Å². The summed E-state index contributed by atoms with van der Waals surface area (Å²) in [7, 11) is -2.04. The van der Waals surface area contributed by atoms with E-state index >= 15 is 0 Å². The van der Waals surface area contributed by atoms with Gasteiger partial charge in [0, 0.05) is 12.7 Å². The standard InChI is InChI=1S/C28H32O8S/c1-4-7-20-18-24(36-22-10-13-25(14-11-22)37(3,31)32)12-15-26(20)35-17-6-16-34-23-9-5-8-21(19-23)27(29)28(30)33-2/h5,8-15,18-19,27,29H,4,6-7,16-17H2,1-3H3. The topological polar surface area (TPSA) is 108 Å². The summed E-state index contributed by atoms with van der Waals surface area (Å²) in [6.45, 7) is 2.92. The third kappa shape index (κ3) is 8.23. The van der Waals surface area contributed by atoms with Crippen LogP contribution in [-0.4, -0.2) is 46.1 Å². The van der Waals surface area contributed by atoms with Gasteiger partial charge in [-0.25, -0.2) is 13.2 Å². The van der Waals surface area contributed by atoms with Crippen LogP contribution < -0.4 is 14.2 Å². The molecule has 0 aliphatic heterocycles. The van der Waals surface area contributed by atoms with Crippen molar-refractivity contribution < 1.29 is 37.3 Å². The molecule has 0 spiro atoms. The SMILES string of the molecule is CCCc1cc(Oc2ccc(S(C)(=O)=O)cc2)ccc1OCCCOc1cccc(C(O)C(=O)OC)c1. The summed E-state index contributed by atoms with van der Waals surface area (Å²) in [6.07, 6.45) is 2.18. The van der Waals surface area contributed by atoms with Crippen LogP contribution in [0, 0.1) is 0 Å². The molecule has 0 amide bonds. The van der Waals surface area contributed by atoms with Gasteiger partial charge < -0.3 is 24.1 Å². The average Bonchev–Trinajstić information content (AvgIpc) is 2.89. The highest BCUT2D eigenvalue weighted by Crippen LogP contribution is 2.29. The Morgan fingerprint density at radius 2 is 1.62 bits per heavy atom. The minimum absolute atomic E-state index is 0.241. The third-order valence-electron chi connectivity index (χ3n) is 5.45. The van der Waals surface area contributed by atoms with E-state index in [2.05, 4.69) is 11.7 Å². The first-order chi connectivity index (χ1) is 17.7. The number of aliphatic hydroxyl groups excluding tert-OH is 1. The minimum atomic E-state index is -3.26. The molecule has 0 saturated carbocycles. The molecule has 0 aliphatic carbocycles. The van der Waals surface area contributed by atoms with Gasteiger partial charge in [0.15, 0.2) is 15.9 Å². The number of hydrogen-bond donors (Lipinski definition) is 1. The summed E-state index contributed by atoms with van der Waals surface area (Å²) in [5.74, 6) is 1.77. The maximum Gasteiger partial charge on any atom is 0.339 e. The average molecular weight is 529 g/mol. The molecule has 0 bridgehead atoms. The molecule has 0 heterocycles. The quantitative estimate of drug-likeness (QED) is 0.247. The number of hydrogen-bond acceptors (Lipinski definition) is 8. The third-order valence-corrected chi connectivity index (χ3v) is 6.58. The van der Waals surface area contributed by atoms with E-state index in [9.17, 15) is 18.3 Å². The molecule has 1 N–H and O–H groups in total. The summed E-state index contributed by atoms with van der Waals surface area (Å²) >= 11 is 0. The Hall–Kier alpha value is -3.56. The molecule has 0 fully saturated rings. The predicted molar refractivity (Wildman–Crippen MR) is 139 cm³/mol. The van der Waals surface area contributed by atoms with E-state index in [1.54, 1.807) is 36.4 Å². The molecule has 0 aromatic heterocycles. The Bertz CT molecular complexity index is 1290. The van der Waals surface area contributed by atoms with E-state index in [1.807, 2.05) is 18.2 Å². The minimum Gasteiger partial charge on any atom is -0.493 e. The number of carbonyl (C=O) groups excluding carboxylic acids is 1. The van der Waals surface area contributed by atoms with E-state index < -0.39 is 21.9 Å². The smallest absolute Gasteiger partial charge is 0.339 e. The maximum absolute atomic E-state index is 11.6. The Balaban J connectivity index is 1.54. The molecule has 37 heavy (non-hydrogen) atoms. The fourth-order valence-corrected chi connectivity index (χ4v) is 4.20. The van der Waals surface area contributed by atoms with Crippen molar-refractivity contribution in [2.24, 2.45) is 0 Å². The maximum atomic E-state index is 11.6. The van der Waals surface area contributed by atoms with Crippen molar-refractivity contribution in [3.05, 3.63) is 77.9 Å². The van der Waals surface area contributed by atoms with E-state index in [4.69, 9.17) is 14.2 Å². The zero-order valence-electron chi connectivity index (χ0n) is 21.2. The van der Waals surface area contributed by atoms with Gasteiger partial charge in [-0.2, -0.15) is 0 Å². The molecule has 1 unspecified atom stereocenters. The number of sulfone groups is 1. The van der Waals surface area contributed by atoms with E-state index in [0.717, 1.165) is 24.2 Å². The molecule has 198 valence electrons. The first-order valence-corrected chi connectivity index (χ1v) is 13.8. The molecule has 3 aromatic rings. The Morgan fingerprint density at radius 1 is 0.919 bits per heavy atom. The predicted octanol–water partition coefficient (Wildman–Crippen LogP) is 4.89. The molecule has 9 heteroatoms. The monoisotopic (exact) mass is 528 g/mol. The van der Waals surface area contributed by atoms with E-state index in [0.29, 0.717) is 42.4 Å². The molecular formula is C28H32O8S. The van der Waals surface area contributed by atoms with Crippen LogP contribution in [0.3, 0.4) is 0 Å². The fourth-order valence-electron chi connectivity index (χ4n) is 3.57. The van der Waals surface area contributed by atoms with Crippen molar-refractivity contribution in [3.8, 4) is 23.0 Å². The van der Waals surface area contributed by atoms with Gasteiger partial charge >= 0.3 is 5.97 Å². The van der Waals surface area contributed by atoms with Gasteiger partial charge in [-0.3, -0.25) is 0 Å². The number of rotatable bonds is 13. The van der Waals surface area contributed by atoms with Crippen LogP contribution in [0.5, 0.6) is 23.0 Å². The zero-order chi connectivity index (χ0) is 26.8. The van der Waals surface area contributed by atoms with Crippen LogP contribution in [0.2, 0.25) is 0 Å². The van der Waals surface area contributed by atoms with E-state index in [1.165, 1.54) is 25.5 Å². The van der Waals surface area contributed by atoms with Crippen LogP contribution in [0.25, 0.3) is 0 Å². The molecular weight excluding hydrogens is 496 g/mol. The Morgan fingerprint density at radius 3 is 2.30 bits per heavy atom. The molecule has 0 aliphatic rings. The van der Waals surface area contributed by atoms with Crippen LogP contribution in [0.1, 0.15) is 37.0 Å². The van der Waals surface area contributed by atoms with Gasteiger partial charge in [0.2, 0.25) is 0 Å². The summed E-state index contributed by atoms with van der Waals surface area (Å²) < 4.78 is 45.5. The second kappa shape index (κ2) is 13.1. The highest BCUT2D eigenvalue weighted by atomic mass is 32.2. The highest BCUT2D eigenvalue weighted by Gasteiger charge is 2.18. The van der Waals surface area contributed by atoms with Crippen molar-refractivity contribution >= 4 is 15.8 Å². The normalized spacial score (nSPS) is 12.0. The van der Waals surface area contributed by atoms with Crippen molar-refractivity contribution in [1.29, 1.82) is 0 Å². The lowest BCUT2D eigenvalue weighted by molar-refractivity contribution is -0.150. The lowest BCUT2D eigenvalue weighted by Crippen LogP contribution is -2.13. The van der Waals surface area contributed by atoms with Crippen molar-refractivity contribution in [3.63, 3.8) is 0 Å². The summed E-state index contributed by atoms with van der Waals surface area (Å²) in [5.41, 5.74) is 1.41. The van der Waals surface area contributed by atoms with Crippen LogP contribution in [0.4, 0.5) is 0 Å². The van der Waals surface area contributed by atoms with Gasteiger partial charge in [-0.1, -0.05) is 25.5 Å². The first-order valence-electron chi connectivity index (χ1n) is 11.9. The van der Waals surface area contributed by atoms with Gasteiger partial charge in [-0.15, -0.1) is 0 Å². The summed E-state index contributed by atoms with van der Waals surface area (Å²) in [4.78, 5) is 11.8. The number of methoxy groups -OCH3 is 1. The molecule has 0 radical (unpaired) electrons. The second-order valence-electron chi connectivity index (χ2n) is 8.41. The number of aryl methyl sites for hydroxylation is 1. The highest BCUT2D eigenvalue weighted by molar-refractivity contribution is 7.90. The van der Waals surface area contributed by atoms with Crippen molar-refractivity contribution in [2.45, 2.75) is 37.2 Å². The van der Waals surface area contributed by atoms with Crippen molar-refractivity contribution in [2.75, 3.05) is 26.6 Å².